The van der Waals surface area contributed by atoms with Crippen LogP contribution in [0.4, 0.5) is 5.00 Å². The quantitative estimate of drug-likeness (QED) is 0.774. The second-order valence-electron chi connectivity index (χ2n) is 6.63. The van der Waals surface area contributed by atoms with E-state index < -0.39 is 0 Å². The van der Waals surface area contributed by atoms with Crippen molar-refractivity contribution < 1.29 is 24.0 Å². The molecule has 24 heavy (non-hydrogen) atoms. The molecule has 1 amide bonds. The van der Waals surface area contributed by atoms with Crippen molar-refractivity contribution in [3.05, 3.63) is 16.0 Å². The van der Waals surface area contributed by atoms with Crippen molar-refractivity contribution in [3.63, 3.8) is 0 Å². The molecule has 1 aliphatic heterocycles. The van der Waals surface area contributed by atoms with Gasteiger partial charge in [0.15, 0.2) is 6.54 Å². The largest absolute Gasteiger partial charge is 0.465 e. The number of rotatable bonds is 4. The number of nitrogens with one attached hydrogen (secondary N) is 2. The molecular weight excluding hydrogens is 328 g/mol. The first-order valence-corrected chi connectivity index (χ1v) is 9.34. The molecule has 1 atom stereocenters. The summed E-state index contributed by atoms with van der Waals surface area (Å²) in [7, 11) is 1.39. The summed E-state index contributed by atoms with van der Waals surface area (Å²) in [6, 6.07) is 0. The van der Waals surface area contributed by atoms with Crippen molar-refractivity contribution in [2.45, 2.75) is 26.2 Å². The van der Waals surface area contributed by atoms with E-state index in [1.807, 2.05) is 0 Å². The van der Waals surface area contributed by atoms with Gasteiger partial charge < -0.3 is 19.7 Å². The highest BCUT2D eigenvalue weighted by Gasteiger charge is 2.29. The molecule has 0 spiro atoms. The van der Waals surface area contributed by atoms with Gasteiger partial charge in [0.1, 0.15) is 18.1 Å². The standard InChI is InChI=1S/C17H24N2O4S/c1-11-3-4-12-13(9-11)24-16(15(12)17(21)22-2)18-14(20)10-19-5-7-23-8-6-19/h11H,3-10H2,1-2H3,(H,18,20)/p+1/t11-/m0/s1. The molecule has 2 N–H and O–H groups in total. The highest BCUT2D eigenvalue weighted by Crippen LogP contribution is 2.39. The summed E-state index contributed by atoms with van der Waals surface area (Å²) in [5.41, 5.74) is 1.63. The summed E-state index contributed by atoms with van der Waals surface area (Å²) >= 11 is 1.53. The predicted octanol–water partition coefficient (Wildman–Crippen LogP) is 0.513. The minimum absolute atomic E-state index is 0.0521. The molecule has 0 saturated carbocycles. The number of ether oxygens (including phenoxy) is 2. The van der Waals surface area contributed by atoms with Gasteiger partial charge in [0.05, 0.1) is 25.9 Å². The SMILES string of the molecule is COC(=O)c1c(NC(=O)C[NH+]2CCOCC2)sc2c1CC[C@H](C)C2. The summed E-state index contributed by atoms with van der Waals surface area (Å²) in [5, 5.41) is 3.61. The fraction of sp³-hybridized carbons (Fsp3) is 0.647. The van der Waals surface area contributed by atoms with Gasteiger partial charge in [-0.05, 0) is 30.7 Å². The van der Waals surface area contributed by atoms with Crippen molar-refractivity contribution in [2.75, 3.05) is 45.3 Å². The Morgan fingerprint density at radius 2 is 2.12 bits per heavy atom. The molecule has 1 fully saturated rings. The molecule has 1 saturated heterocycles. The minimum atomic E-state index is -0.351. The van der Waals surface area contributed by atoms with Crippen LogP contribution in [0.5, 0.6) is 0 Å². The average Bonchev–Trinajstić information content (AvgIpc) is 2.91. The Bertz CT molecular complexity index is 622. The molecule has 7 heteroatoms. The molecule has 2 aliphatic rings. The van der Waals surface area contributed by atoms with Crippen LogP contribution in [0.2, 0.25) is 0 Å². The Balaban J connectivity index is 1.76. The van der Waals surface area contributed by atoms with Crippen LogP contribution in [0, 0.1) is 5.92 Å². The zero-order valence-corrected chi connectivity index (χ0v) is 15.1. The number of fused-ring (bicyclic) bond motifs is 1. The molecule has 0 bridgehead atoms. The number of amides is 1. The second kappa shape index (κ2) is 7.63. The van der Waals surface area contributed by atoms with Crippen LogP contribution in [-0.4, -0.2) is 51.8 Å². The Morgan fingerprint density at radius 1 is 1.38 bits per heavy atom. The van der Waals surface area contributed by atoms with Gasteiger partial charge in [-0.1, -0.05) is 6.92 Å². The predicted molar refractivity (Wildman–Crippen MR) is 91.9 cm³/mol. The average molecular weight is 353 g/mol. The maximum Gasteiger partial charge on any atom is 0.341 e. The summed E-state index contributed by atoms with van der Waals surface area (Å²) in [6.07, 6.45) is 2.91. The van der Waals surface area contributed by atoms with Crippen LogP contribution in [0.15, 0.2) is 0 Å². The Morgan fingerprint density at radius 3 is 2.83 bits per heavy atom. The first-order chi connectivity index (χ1) is 11.6. The lowest BCUT2D eigenvalue weighted by atomic mass is 9.88. The summed E-state index contributed by atoms with van der Waals surface area (Å²) < 4.78 is 10.3. The zero-order chi connectivity index (χ0) is 17.1. The third-order valence-electron chi connectivity index (χ3n) is 4.76. The van der Waals surface area contributed by atoms with Crippen molar-refractivity contribution in [2.24, 2.45) is 5.92 Å². The van der Waals surface area contributed by atoms with Crippen LogP contribution < -0.4 is 10.2 Å². The molecule has 1 aromatic rings. The van der Waals surface area contributed by atoms with Gasteiger partial charge in [-0.3, -0.25) is 4.79 Å². The van der Waals surface area contributed by atoms with Crippen LogP contribution >= 0.6 is 11.3 Å². The number of morpholine rings is 1. The van der Waals surface area contributed by atoms with Gasteiger partial charge in [0, 0.05) is 4.88 Å². The van der Waals surface area contributed by atoms with E-state index in [0.717, 1.165) is 37.9 Å². The van der Waals surface area contributed by atoms with E-state index in [-0.39, 0.29) is 11.9 Å². The van der Waals surface area contributed by atoms with Gasteiger partial charge in [0.25, 0.3) is 5.91 Å². The van der Waals surface area contributed by atoms with Crippen LogP contribution in [0.3, 0.4) is 0 Å². The normalized spacial score (nSPS) is 21.2. The maximum atomic E-state index is 12.4. The second-order valence-corrected chi connectivity index (χ2v) is 7.74. The van der Waals surface area contributed by atoms with E-state index in [0.29, 0.717) is 36.2 Å². The van der Waals surface area contributed by atoms with Gasteiger partial charge in [-0.2, -0.15) is 0 Å². The van der Waals surface area contributed by atoms with E-state index in [9.17, 15) is 9.59 Å². The number of thiophene rings is 1. The number of esters is 1. The summed E-state index contributed by atoms with van der Waals surface area (Å²) in [5.74, 6) is 0.211. The molecule has 2 heterocycles. The minimum Gasteiger partial charge on any atom is -0.465 e. The number of anilines is 1. The molecule has 132 valence electrons. The highest BCUT2D eigenvalue weighted by atomic mass is 32.1. The zero-order valence-electron chi connectivity index (χ0n) is 14.3. The smallest absolute Gasteiger partial charge is 0.341 e. The molecule has 0 radical (unpaired) electrons. The molecule has 0 unspecified atom stereocenters. The lowest BCUT2D eigenvalue weighted by molar-refractivity contribution is -0.899. The number of carbonyl (C=O) groups is 2. The van der Waals surface area contributed by atoms with Crippen LogP contribution in [0.25, 0.3) is 0 Å². The van der Waals surface area contributed by atoms with Gasteiger partial charge in [0.2, 0.25) is 0 Å². The van der Waals surface area contributed by atoms with Gasteiger partial charge in [-0.25, -0.2) is 4.79 Å². The first-order valence-electron chi connectivity index (χ1n) is 8.52. The van der Waals surface area contributed by atoms with E-state index in [1.54, 1.807) is 0 Å². The van der Waals surface area contributed by atoms with Crippen molar-refractivity contribution in [3.8, 4) is 0 Å². The lowest BCUT2D eigenvalue weighted by Crippen LogP contribution is -3.15. The Hall–Kier alpha value is -1.44. The topological polar surface area (TPSA) is 69.1 Å². The molecule has 6 nitrogen and oxygen atoms in total. The number of methoxy groups -OCH3 is 1. The van der Waals surface area contributed by atoms with Crippen LogP contribution in [0.1, 0.15) is 34.1 Å². The molecule has 1 aliphatic carbocycles. The van der Waals surface area contributed by atoms with E-state index in [1.165, 1.54) is 28.2 Å². The summed E-state index contributed by atoms with van der Waals surface area (Å²) in [4.78, 5) is 27.1. The molecule has 1 aromatic heterocycles. The summed E-state index contributed by atoms with van der Waals surface area (Å²) in [6.45, 7) is 5.71. The van der Waals surface area contributed by atoms with E-state index in [4.69, 9.17) is 9.47 Å². The number of hydrogen-bond acceptors (Lipinski definition) is 5. The fourth-order valence-electron chi connectivity index (χ4n) is 3.39. The lowest BCUT2D eigenvalue weighted by Gasteiger charge is -2.23. The Kier molecular flexibility index (Phi) is 5.53. The van der Waals surface area contributed by atoms with Crippen molar-refractivity contribution in [1.82, 2.24) is 0 Å². The van der Waals surface area contributed by atoms with Gasteiger partial charge in [-0.15, -0.1) is 11.3 Å². The Labute approximate surface area is 146 Å². The fourth-order valence-corrected chi connectivity index (χ4v) is 4.81. The van der Waals surface area contributed by atoms with Gasteiger partial charge >= 0.3 is 5.97 Å². The third-order valence-corrected chi connectivity index (χ3v) is 5.93. The number of quaternary nitrogens is 1. The van der Waals surface area contributed by atoms with Crippen LogP contribution in [-0.2, 0) is 27.1 Å². The monoisotopic (exact) mass is 353 g/mol. The van der Waals surface area contributed by atoms with E-state index >= 15 is 0 Å². The molecule has 3 rings (SSSR count). The molecular formula is C17H25N2O4S+. The van der Waals surface area contributed by atoms with E-state index in [2.05, 4.69) is 12.2 Å². The maximum absolute atomic E-state index is 12.4. The number of hydrogen-bond donors (Lipinski definition) is 2. The highest BCUT2D eigenvalue weighted by molar-refractivity contribution is 7.17. The molecule has 0 aromatic carbocycles. The third kappa shape index (κ3) is 3.79. The number of carbonyl (C=O) groups excluding carboxylic acids is 2. The van der Waals surface area contributed by atoms with Crippen molar-refractivity contribution in [1.29, 1.82) is 0 Å². The van der Waals surface area contributed by atoms with Crippen molar-refractivity contribution >= 4 is 28.2 Å². The first kappa shape index (κ1) is 17.4.